The normalized spacial score (nSPS) is 13.6. The number of nitrogens with one attached hydrogen (secondary N) is 1. The molecule has 30 heavy (non-hydrogen) atoms. The van der Waals surface area contributed by atoms with Gasteiger partial charge in [-0.3, -0.25) is 9.59 Å². The molecule has 9 heteroatoms. The monoisotopic (exact) mass is 432 g/mol. The Morgan fingerprint density at radius 2 is 1.87 bits per heavy atom. The van der Waals surface area contributed by atoms with Crippen molar-refractivity contribution in [1.29, 1.82) is 0 Å². The third kappa shape index (κ3) is 4.80. The van der Waals surface area contributed by atoms with E-state index in [4.69, 9.17) is 14.2 Å². The zero-order valence-corrected chi connectivity index (χ0v) is 18.0. The maximum Gasteiger partial charge on any atom is 0.341 e. The minimum atomic E-state index is -0.611. The van der Waals surface area contributed by atoms with Gasteiger partial charge in [0.25, 0.3) is 11.8 Å². The highest BCUT2D eigenvalue weighted by Crippen LogP contribution is 2.34. The van der Waals surface area contributed by atoms with E-state index in [-0.39, 0.29) is 23.1 Å². The number of para-hydroxylation sites is 1. The summed E-state index contributed by atoms with van der Waals surface area (Å²) in [5.74, 6) is -0.635. The SMILES string of the molecule is COC(=O)c1c(NC(=O)COc2ccccc2C)sc(C(=O)N2CCOCC2)c1C. The van der Waals surface area contributed by atoms with E-state index >= 15 is 0 Å². The van der Waals surface area contributed by atoms with Crippen LogP contribution in [-0.4, -0.2) is 62.7 Å². The Balaban J connectivity index is 1.78. The zero-order valence-electron chi connectivity index (χ0n) is 17.1. The molecule has 1 aliphatic rings. The first kappa shape index (κ1) is 21.8. The number of aryl methyl sites for hydroxylation is 1. The quantitative estimate of drug-likeness (QED) is 0.706. The van der Waals surface area contributed by atoms with Crippen LogP contribution in [0.3, 0.4) is 0 Å². The van der Waals surface area contributed by atoms with Crippen molar-refractivity contribution in [3.05, 3.63) is 45.8 Å². The highest BCUT2D eigenvalue weighted by molar-refractivity contribution is 7.18. The molecule has 3 rings (SSSR count). The van der Waals surface area contributed by atoms with Crippen molar-refractivity contribution in [2.75, 3.05) is 45.3 Å². The van der Waals surface area contributed by atoms with E-state index in [0.717, 1.165) is 16.9 Å². The molecular formula is C21H24N2O6S. The number of hydrogen-bond acceptors (Lipinski definition) is 7. The molecule has 0 bridgehead atoms. The van der Waals surface area contributed by atoms with Crippen LogP contribution >= 0.6 is 11.3 Å². The van der Waals surface area contributed by atoms with Crippen molar-refractivity contribution in [3.8, 4) is 5.75 Å². The van der Waals surface area contributed by atoms with Crippen molar-refractivity contribution in [1.82, 2.24) is 4.90 Å². The summed E-state index contributed by atoms with van der Waals surface area (Å²) >= 11 is 1.06. The number of esters is 1. The lowest BCUT2D eigenvalue weighted by Crippen LogP contribution is -2.40. The third-order valence-electron chi connectivity index (χ3n) is 4.73. The van der Waals surface area contributed by atoms with Crippen LogP contribution in [0.5, 0.6) is 5.75 Å². The third-order valence-corrected chi connectivity index (χ3v) is 5.93. The Morgan fingerprint density at radius 3 is 2.53 bits per heavy atom. The number of methoxy groups -OCH3 is 1. The summed E-state index contributed by atoms with van der Waals surface area (Å²) in [6, 6.07) is 7.36. The van der Waals surface area contributed by atoms with E-state index in [0.29, 0.717) is 42.5 Å². The fourth-order valence-electron chi connectivity index (χ4n) is 3.09. The molecule has 0 radical (unpaired) electrons. The number of morpholine rings is 1. The van der Waals surface area contributed by atoms with Gasteiger partial charge in [0.15, 0.2) is 6.61 Å². The van der Waals surface area contributed by atoms with Crippen molar-refractivity contribution in [2.24, 2.45) is 0 Å². The van der Waals surface area contributed by atoms with Crippen LogP contribution in [0.15, 0.2) is 24.3 Å². The predicted octanol–water partition coefficient (Wildman–Crippen LogP) is 2.64. The minimum Gasteiger partial charge on any atom is -0.483 e. The fraction of sp³-hybridized carbons (Fsp3) is 0.381. The molecule has 1 saturated heterocycles. The molecule has 1 N–H and O–H groups in total. The van der Waals surface area contributed by atoms with E-state index in [1.54, 1.807) is 17.9 Å². The first-order valence-corrected chi connectivity index (χ1v) is 10.3. The molecule has 0 atom stereocenters. The van der Waals surface area contributed by atoms with Crippen molar-refractivity contribution in [2.45, 2.75) is 13.8 Å². The number of nitrogens with zero attached hydrogens (tertiary/aromatic N) is 1. The summed E-state index contributed by atoms with van der Waals surface area (Å²) in [5.41, 5.74) is 1.58. The lowest BCUT2D eigenvalue weighted by Gasteiger charge is -2.26. The number of hydrogen-bond donors (Lipinski definition) is 1. The van der Waals surface area contributed by atoms with Crippen LogP contribution < -0.4 is 10.1 Å². The Hall–Kier alpha value is -2.91. The van der Waals surface area contributed by atoms with Crippen LogP contribution in [0.4, 0.5) is 5.00 Å². The van der Waals surface area contributed by atoms with E-state index in [1.807, 2.05) is 25.1 Å². The second kappa shape index (κ2) is 9.73. The van der Waals surface area contributed by atoms with Gasteiger partial charge in [-0.05, 0) is 31.0 Å². The first-order valence-electron chi connectivity index (χ1n) is 9.49. The summed E-state index contributed by atoms with van der Waals surface area (Å²) in [7, 11) is 1.26. The maximum absolute atomic E-state index is 12.9. The van der Waals surface area contributed by atoms with Gasteiger partial charge < -0.3 is 24.4 Å². The van der Waals surface area contributed by atoms with E-state index in [1.165, 1.54) is 7.11 Å². The fourth-order valence-corrected chi connectivity index (χ4v) is 4.27. The second-order valence-electron chi connectivity index (χ2n) is 6.76. The van der Waals surface area contributed by atoms with Crippen molar-refractivity contribution < 1.29 is 28.6 Å². The minimum absolute atomic E-state index is 0.184. The van der Waals surface area contributed by atoms with Crippen LogP contribution in [0, 0.1) is 13.8 Å². The Labute approximate surface area is 178 Å². The van der Waals surface area contributed by atoms with Crippen molar-refractivity contribution >= 4 is 34.1 Å². The summed E-state index contributed by atoms with van der Waals surface area (Å²) < 4.78 is 15.7. The van der Waals surface area contributed by atoms with Gasteiger partial charge in [0.05, 0.1) is 30.8 Å². The molecule has 0 aliphatic carbocycles. The van der Waals surface area contributed by atoms with Gasteiger partial charge in [0.1, 0.15) is 10.8 Å². The van der Waals surface area contributed by atoms with Crippen LogP contribution in [-0.2, 0) is 14.3 Å². The average molecular weight is 432 g/mol. The molecule has 1 aromatic carbocycles. The maximum atomic E-state index is 12.9. The summed E-state index contributed by atoms with van der Waals surface area (Å²) in [5, 5.41) is 2.97. The number of amides is 2. The topological polar surface area (TPSA) is 94.2 Å². The summed E-state index contributed by atoms with van der Waals surface area (Å²) in [6.07, 6.45) is 0. The van der Waals surface area contributed by atoms with Gasteiger partial charge in [-0.1, -0.05) is 18.2 Å². The molecule has 2 amide bonds. The lowest BCUT2D eigenvalue weighted by molar-refractivity contribution is -0.118. The first-order chi connectivity index (χ1) is 14.4. The number of carbonyl (C=O) groups is 3. The van der Waals surface area contributed by atoms with E-state index in [2.05, 4.69) is 5.32 Å². The number of anilines is 1. The smallest absolute Gasteiger partial charge is 0.341 e. The Kier molecular flexibility index (Phi) is 7.07. The number of ether oxygens (including phenoxy) is 3. The Morgan fingerprint density at radius 1 is 1.17 bits per heavy atom. The van der Waals surface area contributed by atoms with Gasteiger partial charge >= 0.3 is 5.97 Å². The standard InChI is InChI=1S/C21H24N2O6S/c1-13-6-4-5-7-15(13)29-12-16(24)22-19-17(21(26)27-3)14(2)18(30-19)20(25)23-8-10-28-11-9-23/h4-7H,8-12H2,1-3H3,(H,22,24). The van der Waals surface area contributed by atoms with Gasteiger partial charge in [0.2, 0.25) is 0 Å². The number of thiophene rings is 1. The largest absolute Gasteiger partial charge is 0.483 e. The molecule has 0 spiro atoms. The molecular weight excluding hydrogens is 408 g/mol. The lowest BCUT2D eigenvalue weighted by atomic mass is 10.1. The second-order valence-corrected chi connectivity index (χ2v) is 7.78. The molecule has 2 heterocycles. The Bertz CT molecular complexity index is 949. The van der Waals surface area contributed by atoms with Crippen LogP contribution in [0.25, 0.3) is 0 Å². The molecule has 160 valence electrons. The number of rotatable bonds is 6. The van der Waals surface area contributed by atoms with Crippen LogP contribution in [0.2, 0.25) is 0 Å². The molecule has 0 unspecified atom stereocenters. The van der Waals surface area contributed by atoms with Gasteiger partial charge in [-0.15, -0.1) is 11.3 Å². The van der Waals surface area contributed by atoms with Gasteiger partial charge in [-0.2, -0.15) is 0 Å². The number of benzene rings is 1. The highest BCUT2D eigenvalue weighted by atomic mass is 32.1. The summed E-state index contributed by atoms with van der Waals surface area (Å²) in [4.78, 5) is 39.8. The van der Waals surface area contributed by atoms with Crippen LogP contribution in [0.1, 0.15) is 31.2 Å². The van der Waals surface area contributed by atoms with Crippen molar-refractivity contribution in [3.63, 3.8) is 0 Å². The van der Waals surface area contributed by atoms with E-state index in [9.17, 15) is 14.4 Å². The molecule has 0 saturated carbocycles. The van der Waals surface area contributed by atoms with E-state index < -0.39 is 11.9 Å². The number of carbonyl (C=O) groups excluding carboxylic acids is 3. The molecule has 1 fully saturated rings. The van der Waals surface area contributed by atoms with Gasteiger partial charge in [-0.25, -0.2) is 4.79 Å². The highest BCUT2D eigenvalue weighted by Gasteiger charge is 2.29. The summed E-state index contributed by atoms with van der Waals surface area (Å²) in [6.45, 7) is 5.24. The molecule has 2 aromatic rings. The molecule has 1 aromatic heterocycles. The molecule has 8 nitrogen and oxygen atoms in total. The average Bonchev–Trinajstić information content (AvgIpc) is 3.08. The van der Waals surface area contributed by atoms with Gasteiger partial charge in [0, 0.05) is 13.1 Å². The zero-order chi connectivity index (χ0) is 21.7. The predicted molar refractivity (Wildman–Crippen MR) is 112 cm³/mol. The molecule has 1 aliphatic heterocycles.